The Bertz CT molecular complexity index is 1420. The molecule has 2 heterocycles. The van der Waals surface area contributed by atoms with Crippen molar-refractivity contribution in [2.45, 2.75) is 56.7 Å². The lowest BCUT2D eigenvalue weighted by Gasteiger charge is -2.39. The highest BCUT2D eigenvalue weighted by atomic mass is 19.1. The number of aromatic nitrogens is 3. The van der Waals surface area contributed by atoms with Crippen LogP contribution in [-0.2, 0) is 18.6 Å². The number of hydrogen-bond acceptors (Lipinski definition) is 5. The van der Waals surface area contributed by atoms with Gasteiger partial charge >= 0.3 is 0 Å². The van der Waals surface area contributed by atoms with Crippen molar-refractivity contribution in [3.8, 4) is 0 Å². The fraction of sp³-hybridized carbons (Fsp3) is 0.394. The van der Waals surface area contributed by atoms with Crippen molar-refractivity contribution < 1.29 is 13.9 Å². The van der Waals surface area contributed by atoms with Crippen LogP contribution in [0.15, 0.2) is 85.5 Å². The number of likely N-dealkylation sites (tertiary alicyclic amines) is 1. The maximum atomic E-state index is 14.9. The molecule has 0 radical (unpaired) electrons. The highest BCUT2D eigenvalue weighted by Crippen LogP contribution is 2.45. The third-order valence-electron chi connectivity index (χ3n) is 8.95. The number of hydrogen-bond donors (Lipinski definition) is 2. The monoisotopic (exact) mass is 557 g/mol. The van der Waals surface area contributed by atoms with Crippen molar-refractivity contribution >= 4 is 5.69 Å². The zero-order valence-corrected chi connectivity index (χ0v) is 23.2. The number of β-amino-alcohol motifs (C(OH)–C–C–N with tert-alkyl or cyclic N) is 1. The van der Waals surface area contributed by atoms with Crippen LogP contribution in [0.25, 0.3) is 0 Å². The van der Waals surface area contributed by atoms with Gasteiger partial charge in [0.15, 0.2) is 0 Å². The summed E-state index contributed by atoms with van der Waals surface area (Å²) in [5, 5.41) is 19.6. The van der Waals surface area contributed by atoms with Crippen LogP contribution in [0.4, 0.5) is 14.5 Å². The molecule has 4 aromatic rings. The summed E-state index contributed by atoms with van der Waals surface area (Å²) in [6.07, 6.45) is 9.29. The quantitative estimate of drug-likeness (QED) is 0.273. The first-order chi connectivity index (χ1) is 19.9. The number of nitrogens with zero attached hydrogens (tertiary/aromatic N) is 4. The van der Waals surface area contributed by atoms with Crippen LogP contribution in [-0.4, -0.2) is 50.4 Å². The molecule has 6 rings (SSSR count). The van der Waals surface area contributed by atoms with Gasteiger partial charge in [-0.25, -0.2) is 18.4 Å². The van der Waals surface area contributed by atoms with E-state index < -0.39 is 17.2 Å². The van der Waals surface area contributed by atoms with Crippen molar-refractivity contribution in [3.05, 3.63) is 114 Å². The van der Waals surface area contributed by atoms with Crippen LogP contribution in [0, 0.1) is 17.0 Å². The third kappa shape index (κ3) is 6.49. The predicted molar refractivity (Wildman–Crippen MR) is 155 cm³/mol. The summed E-state index contributed by atoms with van der Waals surface area (Å²) in [4.78, 5) is 6.20. The first kappa shape index (κ1) is 27.5. The molecule has 2 N–H and O–H groups in total. The van der Waals surface area contributed by atoms with Gasteiger partial charge in [-0.1, -0.05) is 48.5 Å². The largest absolute Gasteiger partial charge is 0.382 e. The Hall–Kier alpha value is -3.62. The average molecular weight is 558 g/mol. The van der Waals surface area contributed by atoms with E-state index in [-0.39, 0.29) is 24.1 Å². The molecule has 8 heteroatoms. The van der Waals surface area contributed by atoms with Gasteiger partial charge in [0, 0.05) is 36.4 Å². The molecule has 1 aliphatic carbocycles. The molecule has 1 saturated carbocycles. The average Bonchev–Trinajstić information content (AvgIpc) is 3.61. The minimum atomic E-state index is -1.57. The molecule has 3 aromatic carbocycles. The second-order valence-corrected chi connectivity index (χ2v) is 12.0. The van der Waals surface area contributed by atoms with Gasteiger partial charge in [0.1, 0.15) is 29.9 Å². The molecule has 2 aliphatic rings. The fourth-order valence-electron chi connectivity index (χ4n) is 6.77. The predicted octanol–water partition coefficient (Wildman–Crippen LogP) is 5.78. The second-order valence-electron chi connectivity index (χ2n) is 12.0. The summed E-state index contributed by atoms with van der Waals surface area (Å²) in [7, 11) is 0. The summed E-state index contributed by atoms with van der Waals surface area (Å²) in [6, 6.07) is 23.1. The Balaban J connectivity index is 1.05. The molecule has 6 nitrogen and oxygen atoms in total. The molecule has 1 saturated heterocycles. The standard InChI is InChI=1S/C33H37F2N5O/c34-27-8-11-30(31(35)19-27)33(41,22-40-24-36-23-37-40)21-39-17-16-32(20-39)14-12-29(13-15-32)38-28-9-6-26(7-10-28)18-25-4-2-1-3-5-25/h1-11,19,23-24,29,38,41H,12-18,20-22H2. The Morgan fingerprint density at radius 2 is 1.68 bits per heavy atom. The van der Waals surface area contributed by atoms with Crippen molar-refractivity contribution in [1.82, 2.24) is 19.7 Å². The summed E-state index contributed by atoms with van der Waals surface area (Å²) < 4.78 is 30.0. The first-order valence-corrected chi connectivity index (χ1v) is 14.5. The maximum absolute atomic E-state index is 14.9. The molecule has 1 atom stereocenters. The number of benzene rings is 3. The lowest BCUT2D eigenvalue weighted by Crippen LogP contribution is -2.45. The van der Waals surface area contributed by atoms with Crippen molar-refractivity contribution in [1.29, 1.82) is 0 Å². The van der Waals surface area contributed by atoms with Gasteiger partial charge < -0.3 is 10.4 Å². The van der Waals surface area contributed by atoms with E-state index in [1.807, 2.05) is 6.07 Å². The summed E-state index contributed by atoms with van der Waals surface area (Å²) in [5.41, 5.74) is 2.50. The normalized spacial score (nSPS) is 22.6. The summed E-state index contributed by atoms with van der Waals surface area (Å²) >= 11 is 0. The minimum absolute atomic E-state index is 0.0369. The number of aliphatic hydroxyl groups is 1. The van der Waals surface area contributed by atoms with E-state index >= 15 is 0 Å². The fourth-order valence-corrected chi connectivity index (χ4v) is 6.77. The molecule has 1 aromatic heterocycles. The van der Waals surface area contributed by atoms with Crippen LogP contribution in [0.2, 0.25) is 0 Å². The topological polar surface area (TPSA) is 66.2 Å². The SMILES string of the molecule is OC(CN1CCC2(CCC(Nc3ccc(Cc4ccccc4)cc3)CC2)C1)(Cn1cncn1)c1ccc(F)cc1F. The van der Waals surface area contributed by atoms with Crippen LogP contribution in [0.5, 0.6) is 0 Å². The zero-order chi connectivity index (χ0) is 28.3. The molecular formula is C33H37F2N5O. The van der Waals surface area contributed by atoms with Crippen LogP contribution >= 0.6 is 0 Å². The van der Waals surface area contributed by atoms with Crippen molar-refractivity contribution in [2.75, 3.05) is 25.0 Å². The molecule has 1 unspecified atom stereocenters. The van der Waals surface area contributed by atoms with E-state index in [0.717, 1.165) is 63.4 Å². The van der Waals surface area contributed by atoms with Crippen LogP contribution in [0.1, 0.15) is 48.8 Å². The van der Waals surface area contributed by atoms with Gasteiger partial charge in [-0.15, -0.1) is 0 Å². The smallest absolute Gasteiger partial charge is 0.137 e. The van der Waals surface area contributed by atoms with Gasteiger partial charge in [-0.05, 0) is 79.8 Å². The number of rotatable bonds is 9. The molecular weight excluding hydrogens is 520 g/mol. The summed E-state index contributed by atoms with van der Waals surface area (Å²) in [6.45, 7) is 1.98. The van der Waals surface area contributed by atoms with Gasteiger partial charge in [0.2, 0.25) is 0 Å². The number of nitrogens with one attached hydrogen (secondary N) is 1. The molecule has 41 heavy (non-hydrogen) atoms. The first-order valence-electron chi connectivity index (χ1n) is 14.5. The van der Waals surface area contributed by atoms with E-state index in [0.29, 0.717) is 6.04 Å². The van der Waals surface area contributed by atoms with Gasteiger partial charge in [0.25, 0.3) is 0 Å². The molecule has 0 amide bonds. The van der Waals surface area contributed by atoms with E-state index in [2.05, 4.69) is 68.8 Å². The lowest BCUT2D eigenvalue weighted by molar-refractivity contribution is -0.0196. The third-order valence-corrected chi connectivity index (χ3v) is 8.95. The van der Waals surface area contributed by atoms with Crippen LogP contribution < -0.4 is 5.32 Å². The highest BCUT2D eigenvalue weighted by molar-refractivity contribution is 5.46. The Morgan fingerprint density at radius 3 is 2.39 bits per heavy atom. The Morgan fingerprint density at radius 1 is 0.927 bits per heavy atom. The lowest BCUT2D eigenvalue weighted by atomic mass is 9.72. The number of anilines is 1. The molecule has 2 fully saturated rings. The van der Waals surface area contributed by atoms with Crippen molar-refractivity contribution in [3.63, 3.8) is 0 Å². The minimum Gasteiger partial charge on any atom is -0.382 e. The van der Waals surface area contributed by atoms with E-state index in [4.69, 9.17) is 0 Å². The number of halogens is 2. The maximum Gasteiger partial charge on any atom is 0.137 e. The van der Waals surface area contributed by atoms with E-state index in [9.17, 15) is 13.9 Å². The molecule has 214 valence electrons. The Kier molecular flexibility index (Phi) is 7.86. The van der Waals surface area contributed by atoms with Gasteiger partial charge in [0.05, 0.1) is 6.54 Å². The Labute approximate surface area is 240 Å². The molecule has 0 bridgehead atoms. The van der Waals surface area contributed by atoms with E-state index in [1.165, 1.54) is 40.6 Å². The highest BCUT2D eigenvalue weighted by Gasteiger charge is 2.44. The molecule has 1 aliphatic heterocycles. The van der Waals surface area contributed by atoms with Gasteiger partial charge in [-0.3, -0.25) is 4.90 Å². The van der Waals surface area contributed by atoms with Gasteiger partial charge in [-0.2, -0.15) is 5.10 Å². The second kappa shape index (κ2) is 11.7. The van der Waals surface area contributed by atoms with Crippen LogP contribution in [0.3, 0.4) is 0 Å². The van der Waals surface area contributed by atoms with Crippen molar-refractivity contribution in [2.24, 2.45) is 5.41 Å². The van der Waals surface area contributed by atoms with E-state index in [1.54, 1.807) is 0 Å². The molecule has 1 spiro atoms. The summed E-state index contributed by atoms with van der Waals surface area (Å²) in [5.74, 6) is -1.41. The zero-order valence-electron chi connectivity index (χ0n) is 23.2.